The highest BCUT2D eigenvalue weighted by molar-refractivity contribution is 8.00. The summed E-state index contributed by atoms with van der Waals surface area (Å²) in [6.45, 7) is 4.21. The number of hydrogen-bond donors (Lipinski definition) is 2. The van der Waals surface area contributed by atoms with E-state index in [-0.39, 0.29) is 0 Å². The van der Waals surface area contributed by atoms with E-state index in [4.69, 9.17) is 10.9 Å². The third-order valence-corrected chi connectivity index (χ3v) is 3.95. The van der Waals surface area contributed by atoms with Crippen molar-refractivity contribution in [3.05, 3.63) is 29.8 Å². The van der Waals surface area contributed by atoms with Crippen LogP contribution in [0.15, 0.2) is 34.3 Å². The number of nitrogens with zero attached hydrogens (tertiary/aromatic N) is 1. The lowest BCUT2D eigenvalue weighted by molar-refractivity contribution is 0.316. The number of hydrogen-bond acceptors (Lipinski definition) is 3. The predicted molar refractivity (Wildman–Crippen MR) is 69.1 cm³/mol. The van der Waals surface area contributed by atoms with Gasteiger partial charge in [0.2, 0.25) is 0 Å². The van der Waals surface area contributed by atoms with Gasteiger partial charge in [-0.3, -0.25) is 0 Å². The SMILES string of the molecule is CCC(C/C(N)=N/O)Sc1ccccc1C. The van der Waals surface area contributed by atoms with Gasteiger partial charge in [0, 0.05) is 16.6 Å². The highest BCUT2D eigenvalue weighted by Crippen LogP contribution is 2.29. The van der Waals surface area contributed by atoms with Crippen molar-refractivity contribution in [3.8, 4) is 0 Å². The van der Waals surface area contributed by atoms with E-state index in [2.05, 4.69) is 31.1 Å². The topological polar surface area (TPSA) is 58.6 Å². The minimum atomic E-state index is 0.299. The van der Waals surface area contributed by atoms with E-state index in [9.17, 15) is 0 Å². The molecule has 0 fully saturated rings. The Bertz CT molecular complexity index is 366. The lowest BCUT2D eigenvalue weighted by atomic mass is 10.2. The first kappa shape index (κ1) is 12.9. The zero-order valence-electron chi connectivity index (χ0n) is 9.68. The van der Waals surface area contributed by atoms with Crippen molar-refractivity contribution in [2.75, 3.05) is 0 Å². The van der Waals surface area contributed by atoms with E-state index in [0.717, 1.165) is 6.42 Å². The first-order valence-electron chi connectivity index (χ1n) is 5.36. The number of amidine groups is 1. The van der Waals surface area contributed by atoms with Gasteiger partial charge in [0.05, 0.1) is 0 Å². The van der Waals surface area contributed by atoms with Crippen molar-refractivity contribution in [1.29, 1.82) is 0 Å². The number of thioether (sulfide) groups is 1. The van der Waals surface area contributed by atoms with Crippen molar-refractivity contribution in [2.45, 2.75) is 36.8 Å². The quantitative estimate of drug-likeness (QED) is 0.272. The van der Waals surface area contributed by atoms with E-state index in [1.54, 1.807) is 11.8 Å². The van der Waals surface area contributed by atoms with Crippen LogP contribution in [0.4, 0.5) is 0 Å². The van der Waals surface area contributed by atoms with Crippen LogP contribution in [0, 0.1) is 6.92 Å². The van der Waals surface area contributed by atoms with E-state index in [0.29, 0.717) is 17.5 Å². The van der Waals surface area contributed by atoms with Crippen molar-refractivity contribution in [1.82, 2.24) is 0 Å². The van der Waals surface area contributed by atoms with Crippen LogP contribution in [0.25, 0.3) is 0 Å². The molecule has 16 heavy (non-hydrogen) atoms. The van der Waals surface area contributed by atoms with Gasteiger partial charge in [-0.1, -0.05) is 30.3 Å². The van der Waals surface area contributed by atoms with Gasteiger partial charge in [-0.2, -0.15) is 0 Å². The highest BCUT2D eigenvalue weighted by atomic mass is 32.2. The maximum absolute atomic E-state index is 8.55. The summed E-state index contributed by atoms with van der Waals surface area (Å²) in [5, 5.41) is 11.9. The molecule has 4 heteroatoms. The summed E-state index contributed by atoms with van der Waals surface area (Å²) in [5.74, 6) is 0.299. The summed E-state index contributed by atoms with van der Waals surface area (Å²) in [6.07, 6.45) is 1.61. The fraction of sp³-hybridized carbons (Fsp3) is 0.417. The summed E-state index contributed by atoms with van der Waals surface area (Å²) >= 11 is 1.79. The maximum atomic E-state index is 8.55. The molecule has 3 nitrogen and oxygen atoms in total. The van der Waals surface area contributed by atoms with E-state index in [1.807, 2.05) is 12.1 Å². The van der Waals surface area contributed by atoms with E-state index in [1.165, 1.54) is 10.5 Å². The van der Waals surface area contributed by atoms with Crippen LogP contribution in [-0.4, -0.2) is 16.3 Å². The van der Waals surface area contributed by atoms with Crippen molar-refractivity contribution >= 4 is 17.6 Å². The largest absolute Gasteiger partial charge is 0.409 e. The smallest absolute Gasteiger partial charge is 0.140 e. The molecule has 3 N–H and O–H groups in total. The first-order chi connectivity index (χ1) is 7.67. The molecular formula is C12H18N2OS. The average Bonchev–Trinajstić information content (AvgIpc) is 2.30. The van der Waals surface area contributed by atoms with Crippen molar-refractivity contribution < 1.29 is 5.21 Å². The monoisotopic (exact) mass is 238 g/mol. The van der Waals surface area contributed by atoms with Crippen LogP contribution >= 0.6 is 11.8 Å². The molecule has 1 aromatic carbocycles. The molecular weight excluding hydrogens is 220 g/mol. The van der Waals surface area contributed by atoms with Gasteiger partial charge in [-0.15, -0.1) is 11.8 Å². The Morgan fingerprint density at radius 2 is 2.19 bits per heavy atom. The predicted octanol–water partition coefficient (Wildman–Crippen LogP) is 3.00. The molecule has 0 amide bonds. The van der Waals surface area contributed by atoms with Crippen molar-refractivity contribution in [2.24, 2.45) is 10.9 Å². The van der Waals surface area contributed by atoms with Crippen LogP contribution in [0.3, 0.4) is 0 Å². The maximum Gasteiger partial charge on any atom is 0.140 e. The Balaban J connectivity index is 2.67. The van der Waals surface area contributed by atoms with Crippen LogP contribution in [0.2, 0.25) is 0 Å². The number of benzene rings is 1. The third-order valence-electron chi connectivity index (χ3n) is 2.41. The molecule has 1 atom stereocenters. The second kappa shape index (κ2) is 6.43. The molecule has 0 aliphatic rings. The molecule has 0 aliphatic heterocycles. The molecule has 88 valence electrons. The number of nitrogens with two attached hydrogens (primary N) is 1. The molecule has 0 bridgehead atoms. The zero-order chi connectivity index (χ0) is 12.0. The molecule has 1 aromatic rings. The normalized spacial score (nSPS) is 13.8. The molecule has 0 saturated carbocycles. The minimum Gasteiger partial charge on any atom is -0.409 e. The van der Waals surface area contributed by atoms with Gasteiger partial charge in [0.15, 0.2) is 0 Å². The second-order valence-corrected chi connectivity index (χ2v) is 5.05. The third kappa shape index (κ3) is 3.77. The number of oxime groups is 1. The number of aryl methyl sites for hydroxylation is 1. The van der Waals surface area contributed by atoms with Gasteiger partial charge in [0.25, 0.3) is 0 Å². The van der Waals surface area contributed by atoms with Crippen LogP contribution in [-0.2, 0) is 0 Å². The molecule has 0 aromatic heterocycles. The summed E-state index contributed by atoms with van der Waals surface area (Å²) < 4.78 is 0. The minimum absolute atomic E-state index is 0.299. The molecule has 0 saturated heterocycles. The first-order valence-corrected chi connectivity index (χ1v) is 6.24. The Kier molecular flexibility index (Phi) is 5.19. The fourth-order valence-electron chi connectivity index (χ4n) is 1.41. The standard InChI is InChI=1S/C12H18N2OS/c1-3-10(8-12(13)14-15)16-11-7-5-4-6-9(11)2/h4-7,10,15H,3,8H2,1-2H3,(H2,13,14). The second-order valence-electron chi connectivity index (χ2n) is 3.71. The van der Waals surface area contributed by atoms with Crippen LogP contribution in [0.5, 0.6) is 0 Å². The Morgan fingerprint density at radius 1 is 1.50 bits per heavy atom. The fourth-order valence-corrected chi connectivity index (χ4v) is 2.60. The van der Waals surface area contributed by atoms with Crippen LogP contribution < -0.4 is 5.73 Å². The Hall–Kier alpha value is -1.16. The summed E-state index contributed by atoms with van der Waals surface area (Å²) in [7, 11) is 0. The van der Waals surface area contributed by atoms with E-state index >= 15 is 0 Å². The molecule has 0 spiro atoms. The summed E-state index contributed by atoms with van der Waals surface area (Å²) in [4.78, 5) is 1.26. The van der Waals surface area contributed by atoms with Gasteiger partial charge < -0.3 is 10.9 Å². The molecule has 1 rings (SSSR count). The average molecular weight is 238 g/mol. The lowest BCUT2D eigenvalue weighted by Crippen LogP contribution is -2.18. The highest BCUT2D eigenvalue weighted by Gasteiger charge is 2.11. The Morgan fingerprint density at radius 3 is 2.75 bits per heavy atom. The molecule has 0 aliphatic carbocycles. The molecule has 0 heterocycles. The molecule has 0 radical (unpaired) electrons. The summed E-state index contributed by atoms with van der Waals surface area (Å²) in [5.41, 5.74) is 6.80. The molecule has 1 unspecified atom stereocenters. The van der Waals surface area contributed by atoms with Gasteiger partial charge >= 0.3 is 0 Å². The van der Waals surface area contributed by atoms with Gasteiger partial charge in [0.1, 0.15) is 5.84 Å². The van der Waals surface area contributed by atoms with Gasteiger partial charge in [-0.25, -0.2) is 0 Å². The van der Waals surface area contributed by atoms with E-state index < -0.39 is 0 Å². The zero-order valence-corrected chi connectivity index (χ0v) is 10.5. The van der Waals surface area contributed by atoms with Crippen LogP contribution in [0.1, 0.15) is 25.3 Å². The van der Waals surface area contributed by atoms with Crippen molar-refractivity contribution in [3.63, 3.8) is 0 Å². The lowest BCUT2D eigenvalue weighted by Gasteiger charge is -2.14. The Labute approximate surface area is 101 Å². The number of rotatable bonds is 5. The van der Waals surface area contributed by atoms with Gasteiger partial charge in [-0.05, 0) is 25.0 Å². The summed E-state index contributed by atoms with van der Waals surface area (Å²) in [6, 6.07) is 8.27.